The minimum Gasteiger partial charge on any atom is -0.483 e. The van der Waals surface area contributed by atoms with Gasteiger partial charge in [0.1, 0.15) is 0 Å². The second kappa shape index (κ2) is 9.67. The van der Waals surface area contributed by atoms with Crippen LogP contribution in [0.4, 0.5) is 11.5 Å². The van der Waals surface area contributed by atoms with Gasteiger partial charge in [0, 0.05) is 29.6 Å². The van der Waals surface area contributed by atoms with Gasteiger partial charge in [-0.3, -0.25) is 4.79 Å². The number of sulfonamides is 1. The van der Waals surface area contributed by atoms with E-state index >= 15 is 0 Å². The van der Waals surface area contributed by atoms with Crippen LogP contribution in [0.3, 0.4) is 0 Å². The highest BCUT2D eigenvalue weighted by Gasteiger charge is 2.15. The number of hydrogen-bond acceptors (Lipinski definition) is 10. The fourth-order valence-electron chi connectivity index (χ4n) is 2.89. The zero-order chi connectivity index (χ0) is 24.1. The predicted molar refractivity (Wildman–Crippen MR) is 121 cm³/mol. The average molecular weight is 483 g/mol. The van der Waals surface area contributed by atoms with E-state index in [-0.39, 0.29) is 35.2 Å². The van der Waals surface area contributed by atoms with Crippen LogP contribution in [0, 0.1) is 0 Å². The number of hydrogen-bond donors (Lipinski definition) is 1. The maximum atomic E-state index is 12.6. The van der Waals surface area contributed by atoms with Gasteiger partial charge in [-0.25, -0.2) is 8.42 Å². The Kier molecular flexibility index (Phi) is 6.50. The van der Waals surface area contributed by atoms with Gasteiger partial charge in [0.15, 0.2) is 17.3 Å². The molecule has 176 valence electrons. The third kappa shape index (κ3) is 5.18. The first-order chi connectivity index (χ1) is 16.4. The minimum atomic E-state index is -4.05. The van der Waals surface area contributed by atoms with Crippen LogP contribution >= 0.6 is 0 Å². The highest BCUT2D eigenvalue weighted by Crippen LogP contribution is 2.33. The Morgan fingerprint density at radius 1 is 1.03 bits per heavy atom. The lowest BCUT2D eigenvalue weighted by molar-refractivity contribution is 0.104. The highest BCUT2D eigenvalue weighted by molar-refractivity contribution is 7.94. The van der Waals surface area contributed by atoms with E-state index in [0.717, 1.165) is 0 Å². The third-order valence-corrected chi connectivity index (χ3v) is 5.86. The first-order valence-electron chi connectivity index (χ1n) is 9.80. The monoisotopic (exact) mass is 483 g/mol. The molecule has 11 nitrogen and oxygen atoms in total. The number of ether oxygens (including phenoxy) is 4. The summed E-state index contributed by atoms with van der Waals surface area (Å²) in [4.78, 5) is 20.1. The number of allylic oxidation sites excluding steroid dienone is 1. The van der Waals surface area contributed by atoms with E-state index in [4.69, 9.17) is 18.9 Å². The predicted octanol–water partition coefficient (Wildman–Crippen LogP) is 3.43. The molecule has 0 saturated heterocycles. The molecule has 0 aliphatic carbocycles. The molecule has 0 spiro atoms. The zero-order valence-corrected chi connectivity index (χ0v) is 18.9. The van der Waals surface area contributed by atoms with E-state index in [9.17, 15) is 13.2 Å². The number of aromatic nitrogens is 2. The molecular formula is C22H19N4O7S-. The Balaban J connectivity index is 1.40. The third-order valence-electron chi connectivity index (χ3n) is 4.57. The van der Waals surface area contributed by atoms with Crippen LogP contribution in [0.1, 0.15) is 10.4 Å². The van der Waals surface area contributed by atoms with Crippen LogP contribution in [0.2, 0.25) is 0 Å². The van der Waals surface area contributed by atoms with E-state index in [1.807, 2.05) is 0 Å². The van der Waals surface area contributed by atoms with Gasteiger partial charge in [-0.05, 0) is 48.3 Å². The molecule has 0 atom stereocenters. The van der Waals surface area contributed by atoms with E-state index < -0.39 is 10.0 Å². The maximum absolute atomic E-state index is 12.6. The van der Waals surface area contributed by atoms with Gasteiger partial charge < -0.3 is 34.0 Å². The molecule has 0 saturated carbocycles. The number of methoxy groups -OCH3 is 2. The quantitative estimate of drug-likeness (QED) is 0.355. The summed E-state index contributed by atoms with van der Waals surface area (Å²) in [6.45, 7) is 0.130. The van der Waals surface area contributed by atoms with E-state index in [2.05, 4.69) is 20.0 Å². The Bertz CT molecular complexity index is 1320. The fourth-order valence-corrected chi connectivity index (χ4v) is 3.82. The van der Waals surface area contributed by atoms with Crippen LogP contribution in [0.25, 0.3) is 4.72 Å². The summed E-state index contributed by atoms with van der Waals surface area (Å²) in [7, 11) is -1.33. The van der Waals surface area contributed by atoms with Crippen molar-refractivity contribution < 1.29 is 32.2 Å². The normalized spacial score (nSPS) is 12.4. The zero-order valence-electron chi connectivity index (χ0n) is 18.1. The van der Waals surface area contributed by atoms with Crippen molar-refractivity contribution in [3.8, 4) is 23.4 Å². The van der Waals surface area contributed by atoms with Crippen molar-refractivity contribution in [2.24, 2.45) is 0 Å². The lowest BCUT2D eigenvalue weighted by atomic mass is 10.1. The van der Waals surface area contributed by atoms with Gasteiger partial charge in [-0.2, -0.15) is 4.98 Å². The summed E-state index contributed by atoms with van der Waals surface area (Å²) in [5, 5.41) is 2.92. The Morgan fingerprint density at radius 3 is 2.53 bits per heavy atom. The van der Waals surface area contributed by atoms with Crippen molar-refractivity contribution in [1.82, 2.24) is 9.97 Å². The maximum Gasteiger partial charge on any atom is 0.231 e. The Hall–Kier alpha value is -4.32. The molecule has 0 radical (unpaired) electrons. The van der Waals surface area contributed by atoms with Crippen molar-refractivity contribution in [1.29, 1.82) is 0 Å². The first kappa shape index (κ1) is 22.9. The topological polar surface area (TPSA) is 140 Å². The van der Waals surface area contributed by atoms with Crippen molar-refractivity contribution in [3.63, 3.8) is 0 Å². The minimum absolute atomic E-state index is 0.0463. The van der Waals surface area contributed by atoms with Gasteiger partial charge in [0.05, 0.1) is 19.1 Å². The summed E-state index contributed by atoms with van der Waals surface area (Å²) in [5.41, 5.74) is 1.02. The molecule has 3 aromatic rings. The number of fused-ring (bicyclic) bond motifs is 1. The summed E-state index contributed by atoms with van der Waals surface area (Å²) < 4.78 is 49.4. The smallest absolute Gasteiger partial charge is 0.231 e. The molecular weight excluding hydrogens is 464 g/mol. The number of nitrogens with zero attached hydrogens (tertiary/aromatic N) is 3. The molecule has 2 aromatic carbocycles. The summed E-state index contributed by atoms with van der Waals surface area (Å²) in [6, 6.07) is 12.0. The van der Waals surface area contributed by atoms with Crippen LogP contribution < -0.4 is 24.3 Å². The molecule has 1 aliphatic rings. The second-order valence-corrected chi connectivity index (χ2v) is 8.36. The van der Waals surface area contributed by atoms with Gasteiger partial charge in [-0.1, -0.05) is 0 Å². The molecule has 0 amide bonds. The number of carbonyl (C=O) groups is 1. The first-order valence-corrected chi connectivity index (χ1v) is 11.2. The van der Waals surface area contributed by atoms with Crippen LogP contribution in [0.5, 0.6) is 23.4 Å². The summed E-state index contributed by atoms with van der Waals surface area (Å²) in [5.74, 6) is 0.865. The van der Waals surface area contributed by atoms with Gasteiger partial charge in [0.25, 0.3) is 0 Å². The highest BCUT2D eigenvalue weighted by atomic mass is 32.2. The van der Waals surface area contributed by atoms with E-state index in [1.54, 1.807) is 30.3 Å². The lowest BCUT2D eigenvalue weighted by Crippen LogP contribution is -2.01. The van der Waals surface area contributed by atoms with Crippen molar-refractivity contribution in [2.45, 2.75) is 4.90 Å². The number of anilines is 1. The Morgan fingerprint density at radius 2 is 1.79 bits per heavy atom. The molecule has 4 rings (SSSR count). The van der Waals surface area contributed by atoms with Crippen LogP contribution in [0.15, 0.2) is 65.7 Å². The standard InChI is InChI=1S/C22H20N4O7S/c1-30-21-12-20(24-22(25-21)31-2)26-34(28,29)16-6-4-15(5-7-16)23-10-9-17(27)14-3-8-18-19(11-14)33-13-32-18/h3-12H,13H2,1-2H3,(H2,23,24,25,26,27)/p-1. The lowest BCUT2D eigenvalue weighted by Gasteiger charge is -2.17. The molecule has 12 heteroatoms. The molecule has 34 heavy (non-hydrogen) atoms. The SMILES string of the molecule is COc1cc([N-]S(=O)(=O)c2ccc(N/C=C/C(=O)c3ccc4c(c3)OCO4)cc2)nc(OC)n1. The molecule has 1 N–H and O–H groups in total. The number of rotatable bonds is 9. The van der Waals surface area contributed by atoms with Crippen LogP contribution in [-0.4, -0.2) is 45.2 Å². The summed E-state index contributed by atoms with van der Waals surface area (Å²) >= 11 is 0. The van der Waals surface area contributed by atoms with Crippen LogP contribution in [-0.2, 0) is 10.0 Å². The number of ketones is 1. The molecule has 1 aliphatic heterocycles. The van der Waals surface area contributed by atoms with Gasteiger partial charge >= 0.3 is 0 Å². The second-order valence-electron chi connectivity index (χ2n) is 6.76. The number of nitrogens with one attached hydrogen (secondary N) is 1. The molecule has 0 bridgehead atoms. The molecule has 2 heterocycles. The fraction of sp³-hybridized carbons (Fsp3) is 0.136. The molecule has 1 aromatic heterocycles. The van der Waals surface area contributed by atoms with E-state index in [0.29, 0.717) is 22.7 Å². The van der Waals surface area contributed by atoms with Crippen molar-refractivity contribution in [2.75, 3.05) is 26.3 Å². The van der Waals surface area contributed by atoms with Crippen molar-refractivity contribution in [3.05, 3.63) is 71.1 Å². The largest absolute Gasteiger partial charge is 0.483 e. The average Bonchev–Trinajstić information content (AvgIpc) is 3.31. The Labute approximate surface area is 195 Å². The number of carbonyl (C=O) groups excluding carboxylic acids is 1. The van der Waals surface area contributed by atoms with Gasteiger partial charge in [-0.15, -0.1) is 0 Å². The summed E-state index contributed by atoms with van der Waals surface area (Å²) in [6.07, 6.45) is 2.81. The molecule has 0 unspecified atom stereocenters. The van der Waals surface area contributed by atoms with E-state index in [1.165, 1.54) is 44.7 Å². The molecule has 0 fully saturated rings. The number of benzene rings is 2. The van der Waals surface area contributed by atoms with Gasteiger partial charge in [0.2, 0.25) is 28.7 Å². The van der Waals surface area contributed by atoms with Crippen molar-refractivity contribution >= 4 is 27.3 Å².